The van der Waals surface area contributed by atoms with Crippen LogP contribution in [0.3, 0.4) is 0 Å². The molecule has 9 heteroatoms. The summed E-state index contributed by atoms with van der Waals surface area (Å²) in [7, 11) is -3.65. The van der Waals surface area contributed by atoms with Crippen LogP contribution < -0.4 is 5.32 Å². The second-order valence-electron chi connectivity index (χ2n) is 6.64. The summed E-state index contributed by atoms with van der Waals surface area (Å²) >= 11 is 1.29. The summed E-state index contributed by atoms with van der Waals surface area (Å²) in [5, 5.41) is 4.97. The normalized spacial score (nSPS) is 11.6. The number of anilines is 1. The van der Waals surface area contributed by atoms with Crippen molar-refractivity contribution in [1.82, 2.24) is 14.3 Å². The molecule has 0 fully saturated rings. The minimum absolute atomic E-state index is 0.116. The van der Waals surface area contributed by atoms with E-state index in [4.69, 9.17) is 0 Å². The zero-order chi connectivity index (χ0) is 21.6. The molecule has 0 radical (unpaired) electrons. The fourth-order valence-corrected chi connectivity index (χ4v) is 5.30. The summed E-state index contributed by atoms with van der Waals surface area (Å²) in [4.78, 5) is 21.4. The summed E-state index contributed by atoms with van der Waals surface area (Å²) in [6.07, 6.45) is 3.13. The number of nitrogens with zero attached hydrogens (tertiary/aromatic N) is 3. The maximum atomic E-state index is 13.0. The topological polar surface area (TPSA) is 92.3 Å². The second kappa shape index (κ2) is 9.92. The van der Waals surface area contributed by atoms with Gasteiger partial charge in [0.25, 0.3) is 5.91 Å². The summed E-state index contributed by atoms with van der Waals surface area (Å²) < 4.78 is 27.4. The average molecular weight is 445 g/mol. The van der Waals surface area contributed by atoms with Crippen LogP contribution in [0.4, 0.5) is 5.13 Å². The van der Waals surface area contributed by atoms with E-state index in [9.17, 15) is 13.2 Å². The van der Waals surface area contributed by atoms with Gasteiger partial charge in [0.2, 0.25) is 10.0 Å². The third-order valence-corrected chi connectivity index (χ3v) is 6.98. The number of pyridine rings is 1. The molecule has 3 aromatic rings. The quantitative estimate of drug-likeness (QED) is 0.532. The maximum absolute atomic E-state index is 13.0. The first kappa shape index (κ1) is 22.1. The second-order valence-corrected chi connectivity index (χ2v) is 9.43. The van der Waals surface area contributed by atoms with Gasteiger partial charge in [-0.25, -0.2) is 13.4 Å². The Hall–Kier alpha value is -2.62. The molecular formula is C21H24N4O3S2. The fraction of sp³-hybridized carbons (Fsp3) is 0.286. The van der Waals surface area contributed by atoms with Crippen LogP contribution in [0.1, 0.15) is 37.0 Å². The van der Waals surface area contributed by atoms with Crippen molar-refractivity contribution >= 4 is 32.4 Å². The standard InChI is InChI=1S/C21H24N4O3S2/c1-3-12-25(13-4-2)30(27,28)17-9-7-8-16(14-17)20(26)24-21-23-19(15-29-21)18-10-5-6-11-22-18/h5-11,14-15H,3-4,12-13H2,1-2H3,(H,23,24,26). The average Bonchev–Trinajstić information content (AvgIpc) is 3.23. The lowest BCUT2D eigenvalue weighted by Gasteiger charge is -2.21. The van der Waals surface area contributed by atoms with Gasteiger partial charge in [0, 0.05) is 30.2 Å². The number of sulfonamides is 1. The Bertz CT molecular complexity index is 1090. The van der Waals surface area contributed by atoms with Crippen molar-refractivity contribution in [3.05, 3.63) is 59.6 Å². The van der Waals surface area contributed by atoms with Crippen LogP contribution in [-0.4, -0.2) is 41.7 Å². The van der Waals surface area contributed by atoms with E-state index in [1.807, 2.05) is 37.4 Å². The number of nitrogens with one attached hydrogen (secondary N) is 1. The van der Waals surface area contributed by atoms with Crippen molar-refractivity contribution in [2.75, 3.05) is 18.4 Å². The van der Waals surface area contributed by atoms with Gasteiger partial charge < -0.3 is 0 Å². The van der Waals surface area contributed by atoms with Crippen molar-refractivity contribution in [2.24, 2.45) is 0 Å². The molecule has 0 aliphatic rings. The van der Waals surface area contributed by atoms with Crippen molar-refractivity contribution in [2.45, 2.75) is 31.6 Å². The third kappa shape index (κ3) is 5.10. The third-order valence-electron chi connectivity index (χ3n) is 4.33. The number of aromatic nitrogens is 2. The molecular weight excluding hydrogens is 420 g/mol. The lowest BCUT2D eigenvalue weighted by molar-refractivity contribution is 0.102. The highest BCUT2D eigenvalue weighted by atomic mass is 32.2. The molecule has 30 heavy (non-hydrogen) atoms. The molecule has 2 aromatic heterocycles. The zero-order valence-electron chi connectivity index (χ0n) is 16.9. The Labute approximate surface area is 180 Å². The predicted molar refractivity (Wildman–Crippen MR) is 119 cm³/mol. The number of carbonyl (C=O) groups is 1. The molecule has 0 bridgehead atoms. The first-order chi connectivity index (χ1) is 14.5. The largest absolute Gasteiger partial charge is 0.298 e. The highest BCUT2D eigenvalue weighted by Gasteiger charge is 2.24. The Balaban J connectivity index is 1.79. The molecule has 1 N–H and O–H groups in total. The fourth-order valence-electron chi connectivity index (χ4n) is 2.93. The van der Waals surface area contributed by atoms with E-state index in [0.29, 0.717) is 29.6 Å². The van der Waals surface area contributed by atoms with Gasteiger partial charge >= 0.3 is 0 Å². The Morgan fingerprint density at radius 3 is 2.50 bits per heavy atom. The molecule has 7 nitrogen and oxygen atoms in total. The molecule has 0 saturated heterocycles. The minimum atomic E-state index is -3.65. The van der Waals surface area contributed by atoms with Crippen molar-refractivity contribution in [3.63, 3.8) is 0 Å². The van der Waals surface area contributed by atoms with Crippen LogP contribution in [-0.2, 0) is 10.0 Å². The van der Waals surface area contributed by atoms with Crippen molar-refractivity contribution < 1.29 is 13.2 Å². The van der Waals surface area contributed by atoms with E-state index in [1.54, 1.807) is 18.3 Å². The summed E-state index contributed by atoms with van der Waals surface area (Å²) in [6.45, 7) is 4.77. The molecule has 0 unspecified atom stereocenters. The summed E-state index contributed by atoms with van der Waals surface area (Å²) in [5.41, 5.74) is 1.65. The lowest BCUT2D eigenvalue weighted by Crippen LogP contribution is -2.32. The van der Waals surface area contributed by atoms with Gasteiger partial charge in [-0.3, -0.25) is 15.1 Å². The van der Waals surface area contributed by atoms with E-state index < -0.39 is 15.9 Å². The first-order valence-electron chi connectivity index (χ1n) is 9.74. The molecule has 0 spiro atoms. The van der Waals surface area contributed by atoms with Crippen LogP contribution in [0, 0.1) is 0 Å². The molecule has 158 valence electrons. The predicted octanol–water partition coefficient (Wildman–Crippen LogP) is 4.27. The smallest absolute Gasteiger partial charge is 0.257 e. The minimum Gasteiger partial charge on any atom is -0.298 e. The van der Waals surface area contributed by atoms with Gasteiger partial charge in [0.05, 0.1) is 10.6 Å². The van der Waals surface area contributed by atoms with Crippen molar-refractivity contribution in [3.8, 4) is 11.4 Å². The Morgan fingerprint density at radius 2 is 1.83 bits per heavy atom. The van der Waals surface area contributed by atoms with Gasteiger partial charge in [-0.15, -0.1) is 11.3 Å². The molecule has 2 heterocycles. The number of thiazole rings is 1. The van der Waals surface area contributed by atoms with Gasteiger partial charge in [-0.05, 0) is 43.2 Å². The maximum Gasteiger partial charge on any atom is 0.257 e. The molecule has 0 aliphatic heterocycles. The molecule has 0 aliphatic carbocycles. The van der Waals surface area contributed by atoms with Crippen LogP contribution >= 0.6 is 11.3 Å². The molecule has 0 saturated carbocycles. The molecule has 3 rings (SSSR count). The van der Waals surface area contributed by atoms with Crippen LogP contribution in [0.2, 0.25) is 0 Å². The highest BCUT2D eigenvalue weighted by molar-refractivity contribution is 7.89. The number of hydrogen-bond acceptors (Lipinski definition) is 6. The van der Waals surface area contributed by atoms with Gasteiger partial charge in [0.15, 0.2) is 5.13 Å². The van der Waals surface area contributed by atoms with Crippen LogP contribution in [0.15, 0.2) is 58.9 Å². The SMILES string of the molecule is CCCN(CCC)S(=O)(=O)c1cccc(C(=O)Nc2nc(-c3ccccn3)cs2)c1. The molecule has 1 aromatic carbocycles. The highest BCUT2D eigenvalue weighted by Crippen LogP contribution is 2.24. The molecule has 1 amide bonds. The van der Waals surface area contributed by atoms with E-state index in [1.165, 1.54) is 27.8 Å². The van der Waals surface area contributed by atoms with E-state index >= 15 is 0 Å². The number of carbonyl (C=O) groups excluding carboxylic acids is 1. The van der Waals surface area contributed by atoms with Crippen LogP contribution in [0.25, 0.3) is 11.4 Å². The number of hydrogen-bond donors (Lipinski definition) is 1. The summed E-state index contributed by atoms with van der Waals surface area (Å²) in [6, 6.07) is 11.6. The number of amides is 1. The van der Waals surface area contributed by atoms with Crippen LogP contribution in [0.5, 0.6) is 0 Å². The number of rotatable bonds is 9. The van der Waals surface area contributed by atoms with E-state index in [-0.39, 0.29) is 10.5 Å². The summed E-state index contributed by atoms with van der Waals surface area (Å²) in [5.74, 6) is -0.411. The van der Waals surface area contributed by atoms with Gasteiger partial charge in [-0.2, -0.15) is 4.31 Å². The van der Waals surface area contributed by atoms with Gasteiger partial charge in [-0.1, -0.05) is 26.0 Å². The van der Waals surface area contributed by atoms with E-state index in [0.717, 1.165) is 12.8 Å². The zero-order valence-corrected chi connectivity index (χ0v) is 18.5. The Kier molecular flexibility index (Phi) is 7.30. The first-order valence-corrected chi connectivity index (χ1v) is 12.1. The number of benzene rings is 1. The van der Waals surface area contributed by atoms with Gasteiger partial charge in [0.1, 0.15) is 5.69 Å². The lowest BCUT2D eigenvalue weighted by atomic mass is 10.2. The molecule has 0 atom stereocenters. The Morgan fingerprint density at radius 1 is 1.07 bits per heavy atom. The van der Waals surface area contributed by atoms with Crippen molar-refractivity contribution in [1.29, 1.82) is 0 Å². The van der Waals surface area contributed by atoms with E-state index in [2.05, 4.69) is 15.3 Å². The monoisotopic (exact) mass is 444 g/mol.